The molecule has 2 aromatic heterocycles. The molecule has 1 fully saturated rings. The van der Waals surface area contributed by atoms with Gasteiger partial charge < -0.3 is 10.1 Å². The SMILES string of the molecule is CNc1ncccc1CN1CCO[C@H](c2nccc(C)n2)C1. The highest BCUT2D eigenvalue weighted by Crippen LogP contribution is 2.22. The van der Waals surface area contributed by atoms with Crippen molar-refractivity contribution >= 4 is 5.82 Å². The van der Waals surface area contributed by atoms with Gasteiger partial charge in [-0.2, -0.15) is 0 Å². The first-order valence-electron chi connectivity index (χ1n) is 7.51. The van der Waals surface area contributed by atoms with Crippen LogP contribution < -0.4 is 5.32 Å². The van der Waals surface area contributed by atoms with Crippen LogP contribution in [0.2, 0.25) is 0 Å². The van der Waals surface area contributed by atoms with Crippen LogP contribution in [0, 0.1) is 6.92 Å². The van der Waals surface area contributed by atoms with Crippen molar-refractivity contribution in [3.05, 3.63) is 47.7 Å². The fourth-order valence-electron chi connectivity index (χ4n) is 2.66. The number of pyridine rings is 1. The Morgan fingerprint density at radius 1 is 1.32 bits per heavy atom. The van der Waals surface area contributed by atoms with Gasteiger partial charge in [-0.1, -0.05) is 6.07 Å². The van der Waals surface area contributed by atoms with Gasteiger partial charge in [-0.15, -0.1) is 0 Å². The van der Waals surface area contributed by atoms with Crippen LogP contribution >= 0.6 is 0 Å². The van der Waals surface area contributed by atoms with Gasteiger partial charge in [0.05, 0.1) is 6.61 Å². The first kappa shape index (κ1) is 14.9. The summed E-state index contributed by atoms with van der Waals surface area (Å²) in [5, 5.41) is 3.14. The van der Waals surface area contributed by atoms with E-state index in [9.17, 15) is 0 Å². The summed E-state index contributed by atoms with van der Waals surface area (Å²) in [7, 11) is 1.90. The number of nitrogens with zero attached hydrogens (tertiary/aromatic N) is 4. The van der Waals surface area contributed by atoms with E-state index in [1.165, 1.54) is 5.56 Å². The van der Waals surface area contributed by atoms with E-state index < -0.39 is 0 Å². The van der Waals surface area contributed by atoms with Gasteiger partial charge in [-0.25, -0.2) is 15.0 Å². The quantitative estimate of drug-likeness (QED) is 0.929. The maximum Gasteiger partial charge on any atom is 0.158 e. The molecule has 0 saturated carbocycles. The van der Waals surface area contributed by atoms with Gasteiger partial charge in [0.25, 0.3) is 0 Å². The number of nitrogens with one attached hydrogen (secondary N) is 1. The van der Waals surface area contributed by atoms with Crippen molar-refractivity contribution in [3.63, 3.8) is 0 Å². The Bertz CT molecular complexity index is 633. The maximum atomic E-state index is 5.85. The van der Waals surface area contributed by atoms with Gasteiger partial charge in [0, 0.05) is 50.3 Å². The van der Waals surface area contributed by atoms with E-state index in [1.807, 2.05) is 26.1 Å². The lowest BCUT2D eigenvalue weighted by atomic mass is 10.2. The lowest BCUT2D eigenvalue weighted by Crippen LogP contribution is -2.38. The molecular weight excluding hydrogens is 278 g/mol. The predicted molar refractivity (Wildman–Crippen MR) is 84.5 cm³/mol. The highest BCUT2D eigenvalue weighted by atomic mass is 16.5. The van der Waals surface area contributed by atoms with E-state index in [2.05, 4.69) is 31.2 Å². The van der Waals surface area contributed by atoms with Crippen molar-refractivity contribution < 1.29 is 4.74 Å². The van der Waals surface area contributed by atoms with Crippen molar-refractivity contribution in [1.29, 1.82) is 0 Å². The van der Waals surface area contributed by atoms with Crippen LogP contribution in [0.15, 0.2) is 30.6 Å². The molecule has 0 unspecified atom stereocenters. The van der Waals surface area contributed by atoms with Crippen LogP contribution in [0.3, 0.4) is 0 Å². The molecule has 2 aromatic rings. The molecule has 1 N–H and O–H groups in total. The molecule has 1 aliphatic rings. The molecule has 0 bridgehead atoms. The summed E-state index contributed by atoms with van der Waals surface area (Å²) >= 11 is 0. The van der Waals surface area contributed by atoms with Crippen molar-refractivity contribution in [2.45, 2.75) is 19.6 Å². The maximum absolute atomic E-state index is 5.85. The Kier molecular flexibility index (Phi) is 4.60. The molecule has 0 amide bonds. The van der Waals surface area contributed by atoms with Crippen molar-refractivity contribution in [2.24, 2.45) is 0 Å². The van der Waals surface area contributed by atoms with Crippen LogP contribution in [0.1, 0.15) is 23.2 Å². The summed E-state index contributed by atoms with van der Waals surface area (Å²) in [6.45, 7) is 5.20. The summed E-state index contributed by atoms with van der Waals surface area (Å²) in [6.07, 6.45) is 3.53. The number of hydrogen-bond acceptors (Lipinski definition) is 6. The summed E-state index contributed by atoms with van der Waals surface area (Å²) in [4.78, 5) is 15.6. The summed E-state index contributed by atoms with van der Waals surface area (Å²) in [5.74, 6) is 1.70. The zero-order chi connectivity index (χ0) is 15.4. The number of hydrogen-bond donors (Lipinski definition) is 1. The molecule has 0 spiro atoms. The molecule has 6 nitrogen and oxygen atoms in total. The fraction of sp³-hybridized carbons (Fsp3) is 0.438. The first-order valence-corrected chi connectivity index (χ1v) is 7.51. The number of aryl methyl sites for hydroxylation is 1. The van der Waals surface area contributed by atoms with E-state index in [4.69, 9.17) is 4.74 Å². The average molecular weight is 299 g/mol. The third-order valence-corrected chi connectivity index (χ3v) is 3.77. The number of ether oxygens (including phenoxy) is 1. The number of rotatable bonds is 4. The Morgan fingerprint density at radius 3 is 3.05 bits per heavy atom. The third kappa shape index (κ3) is 3.40. The van der Waals surface area contributed by atoms with E-state index in [0.717, 1.165) is 37.0 Å². The molecule has 1 aliphatic heterocycles. The van der Waals surface area contributed by atoms with Gasteiger partial charge in [-0.05, 0) is 19.1 Å². The standard InChI is InChI=1S/C16H21N5O/c1-12-5-7-19-16(20-12)14-11-21(8-9-22-14)10-13-4-3-6-18-15(13)17-2/h3-7,14H,8-11H2,1-2H3,(H,17,18)/t14-/m0/s1. The molecule has 0 aliphatic carbocycles. The Balaban J connectivity index is 1.70. The highest BCUT2D eigenvalue weighted by molar-refractivity contribution is 5.42. The molecule has 3 rings (SSSR count). The zero-order valence-corrected chi connectivity index (χ0v) is 13.0. The molecule has 6 heteroatoms. The lowest BCUT2D eigenvalue weighted by molar-refractivity contribution is -0.0372. The molecule has 0 aromatic carbocycles. The minimum absolute atomic E-state index is 0.0663. The van der Waals surface area contributed by atoms with Crippen LogP contribution in [0.25, 0.3) is 0 Å². The summed E-state index contributed by atoms with van der Waals surface area (Å²) < 4.78 is 5.85. The monoisotopic (exact) mass is 299 g/mol. The van der Waals surface area contributed by atoms with Crippen molar-refractivity contribution in [3.8, 4) is 0 Å². The molecular formula is C16H21N5O. The van der Waals surface area contributed by atoms with Crippen LogP contribution in [0.4, 0.5) is 5.82 Å². The third-order valence-electron chi connectivity index (χ3n) is 3.77. The molecule has 1 saturated heterocycles. The first-order chi connectivity index (χ1) is 10.8. The van der Waals surface area contributed by atoms with Crippen LogP contribution in [-0.4, -0.2) is 46.6 Å². The second-order valence-corrected chi connectivity index (χ2v) is 5.41. The van der Waals surface area contributed by atoms with Crippen molar-refractivity contribution in [2.75, 3.05) is 32.1 Å². The van der Waals surface area contributed by atoms with E-state index in [-0.39, 0.29) is 6.10 Å². The summed E-state index contributed by atoms with van der Waals surface area (Å²) in [5.41, 5.74) is 2.16. The van der Waals surface area contributed by atoms with E-state index in [1.54, 1.807) is 12.4 Å². The molecule has 116 valence electrons. The lowest BCUT2D eigenvalue weighted by Gasteiger charge is -2.32. The Morgan fingerprint density at radius 2 is 2.23 bits per heavy atom. The van der Waals surface area contributed by atoms with Crippen LogP contribution in [0.5, 0.6) is 0 Å². The molecule has 3 heterocycles. The van der Waals surface area contributed by atoms with Gasteiger partial charge in [0.2, 0.25) is 0 Å². The number of aromatic nitrogens is 3. The van der Waals surface area contributed by atoms with Gasteiger partial charge in [0.15, 0.2) is 5.82 Å². The van der Waals surface area contributed by atoms with Crippen LogP contribution in [-0.2, 0) is 11.3 Å². The van der Waals surface area contributed by atoms with E-state index in [0.29, 0.717) is 6.61 Å². The molecule has 0 radical (unpaired) electrons. The zero-order valence-electron chi connectivity index (χ0n) is 13.0. The van der Waals surface area contributed by atoms with Crippen molar-refractivity contribution in [1.82, 2.24) is 19.9 Å². The summed E-state index contributed by atoms with van der Waals surface area (Å²) in [6, 6.07) is 5.98. The topological polar surface area (TPSA) is 63.2 Å². The Labute approximate surface area is 130 Å². The highest BCUT2D eigenvalue weighted by Gasteiger charge is 2.24. The van der Waals surface area contributed by atoms with Gasteiger partial charge in [-0.3, -0.25) is 4.90 Å². The van der Waals surface area contributed by atoms with Gasteiger partial charge in [0.1, 0.15) is 11.9 Å². The number of morpholine rings is 1. The predicted octanol–water partition coefficient (Wildman–Crippen LogP) is 1.80. The largest absolute Gasteiger partial charge is 0.373 e. The second kappa shape index (κ2) is 6.81. The number of anilines is 1. The normalized spacial score (nSPS) is 19.1. The average Bonchev–Trinajstić information content (AvgIpc) is 2.56. The smallest absolute Gasteiger partial charge is 0.158 e. The van der Waals surface area contributed by atoms with E-state index >= 15 is 0 Å². The fourth-order valence-corrected chi connectivity index (χ4v) is 2.66. The van der Waals surface area contributed by atoms with Gasteiger partial charge >= 0.3 is 0 Å². The second-order valence-electron chi connectivity index (χ2n) is 5.41. The minimum atomic E-state index is -0.0663. The molecule has 1 atom stereocenters. The Hall–Kier alpha value is -2.05. The minimum Gasteiger partial charge on any atom is -0.373 e. The molecule has 22 heavy (non-hydrogen) atoms.